The van der Waals surface area contributed by atoms with Crippen LogP contribution in [0.15, 0.2) is 53.4 Å². The third-order valence-electron chi connectivity index (χ3n) is 6.84. The number of hydrogen-bond acceptors (Lipinski definition) is 5. The Morgan fingerprint density at radius 3 is 2.40 bits per heavy atom. The van der Waals surface area contributed by atoms with Gasteiger partial charge in [-0.25, -0.2) is 8.42 Å². The lowest BCUT2D eigenvalue weighted by Gasteiger charge is -2.42. The third-order valence-corrected chi connectivity index (χ3v) is 8.96. The molecule has 0 aromatic heterocycles. The van der Waals surface area contributed by atoms with Gasteiger partial charge in [-0.05, 0) is 61.2 Å². The van der Waals surface area contributed by atoms with Crippen LogP contribution in [-0.4, -0.2) is 69.5 Å². The number of morpholine rings is 1. The quantitative estimate of drug-likeness (QED) is 0.526. The number of aryl methyl sites for hydroxylation is 1. The molecule has 0 spiro atoms. The average molecular weight is 521 g/mol. The summed E-state index contributed by atoms with van der Waals surface area (Å²) in [6.45, 7) is 5.08. The van der Waals surface area contributed by atoms with E-state index in [1.54, 1.807) is 36.4 Å². The topological polar surface area (TPSA) is 76.2 Å². The van der Waals surface area contributed by atoms with Crippen LogP contribution in [0.2, 0.25) is 5.02 Å². The van der Waals surface area contributed by atoms with Crippen molar-refractivity contribution < 1.29 is 22.7 Å². The molecule has 190 valence electrons. The summed E-state index contributed by atoms with van der Waals surface area (Å²) >= 11 is 6.00. The fraction of sp³-hybridized carbons (Fsp3) is 0.500. The molecule has 2 aromatic rings. The summed E-state index contributed by atoms with van der Waals surface area (Å²) in [5.41, 5.74) is 0.452. The molecular weight excluding hydrogens is 488 g/mol. The maximum Gasteiger partial charge on any atom is 0.243 e. The van der Waals surface area contributed by atoms with Gasteiger partial charge in [0.05, 0.1) is 24.7 Å². The SMILES string of the molecule is CCc1ccc(S(=O)(=O)N2CCC[C@](COc3ccc(Cl)cc3)(CC(=O)N3CCOCC3)C2)cc1. The first-order valence-corrected chi connectivity index (χ1v) is 14.0. The Labute approximate surface area is 213 Å². The van der Waals surface area contributed by atoms with Crippen LogP contribution in [0.25, 0.3) is 0 Å². The van der Waals surface area contributed by atoms with Crippen molar-refractivity contribution in [2.75, 3.05) is 46.0 Å². The van der Waals surface area contributed by atoms with Crippen molar-refractivity contribution in [2.24, 2.45) is 5.41 Å². The van der Waals surface area contributed by atoms with E-state index < -0.39 is 15.4 Å². The number of benzene rings is 2. The Kier molecular flexibility index (Phi) is 8.37. The van der Waals surface area contributed by atoms with E-state index in [0.29, 0.717) is 56.5 Å². The molecule has 1 atom stereocenters. The van der Waals surface area contributed by atoms with Gasteiger partial charge in [-0.3, -0.25) is 4.79 Å². The Balaban J connectivity index is 1.56. The molecule has 0 bridgehead atoms. The molecule has 7 nitrogen and oxygen atoms in total. The van der Waals surface area contributed by atoms with E-state index in [-0.39, 0.29) is 30.4 Å². The van der Waals surface area contributed by atoms with Gasteiger partial charge in [0, 0.05) is 43.0 Å². The summed E-state index contributed by atoms with van der Waals surface area (Å²) < 4.78 is 40.1. The van der Waals surface area contributed by atoms with Crippen molar-refractivity contribution in [3.05, 3.63) is 59.1 Å². The fourth-order valence-corrected chi connectivity index (χ4v) is 6.46. The Morgan fingerprint density at radius 2 is 1.74 bits per heavy atom. The van der Waals surface area contributed by atoms with Gasteiger partial charge in [0.25, 0.3) is 0 Å². The molecule has 2 aliphatic heterocycles. The minimum absolute atomic E-state index is 0.0135. The van der Waals surface area contributed by atoms with Crippen molar-refractivity contribution in [3.63, 3.8) is 0 Å². The van der Waals surface area contributed by atoms with Crippen molar-refractivity contribution in [3.8, 4) is 5.75 Å². The van der Waals surface area contributed by atoms with Crippen LogP contribution in [0.4, 0.5) is 0 Å². The summed E-state index contributed by atoms with van der Waals surface area (Å²) in [6.07, 6.45) is 2.43. The monoisotopic (exact) mass is 520 g/mol. The summed E-state index contributed by atoms with van der Waals surface area (Å²) in [6, 6.07) is 14.1. The predicted octanol–water partition coefficient (Wildman–Crippen LogP) is 4.00. The largest absolute Gasteiger partial charge is 0.493 e. The lowest BCUT2D eigenvalue weighted by Crippen LogP contribution is -2.51. The molecule has 0 unspecified atom stereocenters. The molecule has 2 saturated heterocycles. The minimum atomic E-state index is -3.69. The fourth-order valence-electron chi connectivity index (χ4n) is 4.74. The summed E-state index contributed by atoms with van der Waals surface area (Å²) in [5, 5.41) is 0.610. The second kappa shape index (κ2) is 11.3. The van der Waals surface area contributed by atoms with Crippen LogP contribution in [-0.2, 0) is 26.0 Å². The number of halogens is 1. The lowest BCUT2D eigenvalue weighted by atomic mass is 9.78. The highest BCUT2D eigenvalue weighted by molar-refractivity contribution is 7.89. The Bertz CT molecular complexity index is 1100. The zero-order chi connectivity index (χ0) is 24.9. The van der Waals surface area contributed by atoms with Crippen molar-refractivity contribution in [1.82, 2.24) is 9.21 Å². The van der Waals surface area contributed by atoms with Crippen molar-refractivity contribution >= 4 is 27.5 Å². The van der Waals surface area contributed by atoms with Gasteiger partial charge >= 0.3 is 0 Å². The van der Waals surface area contributed by atoms with E-state index in [0.717, 1.165) is 12.0 Å². The minimum Gasteiger partial charge on any atom is -0.493 e. The van der Waals surface area contributed by atoms with E-state index >= 15 is 0 Å². The van der Waals surface area contributed by atoms with E-state index in [1.165, 1.54) is 4.31 Å². The highest BCUT2D eigenvalue weighted by Crippen LogP contribution is 2.37. The third kappa shape index (κ3) is 6.36. The van der Waals surface area contributed by atoms with Gasteiger partial charge in [-0.1, -0.05) is 30.7 Å². The molecule has 2 heterocycles. The van der Waals surface area contributed by atoms with Crippen LogP contribution in [0.1, 0.15) is 31.7 Å². The molecule has 4 rings (SSSR count). The lowest BCUT2D eigenvalue weighted by molar-refractivity contribution is -0.139. The smallest absolute Gasteiger partial charge is 0.243 e. The summed E-state index contributed by atoms with van der Waals surface area (Å²) in [7, 11) is -3.69. The number of sulfonamides is 1. The van der Waals surface area contributed by atoms with Crippen LogP contribution < -0.4 is 4.74 Å². The number of rotatable bonds is 8. The molecule has 2 aliphatic rings. The first kappa shape index (κ1) is 25.9. The molecule has 9 heteroatoms. The number of hydrogen-bond donors (Lipinski definition) is 0. The summed E-state index contributed by atoms with van der Waals surface area (Å²) in [4.78, 5) is 15.3. The standard InChI is InChI=1S/C26H33ClN2O5S/c1-2-21-4-10-24(11-5-21)35(31,32)29-13-3-12-26(19-29,18-25(30)28-14-16-33-17-15-28)20-34-23-8-6-22(27)7-9-23/h4-11H,2-3,12-20H2,1H3/t26-/m0/s1. The van der Waals surface area contributed by atoms with Gasteiger partial charge < -0.3 is 14.4 Å². The zero-order valence-corrected chi connectivity index (χ0v) is 21.7. The first-order valence-electron chi connectivity index (χ1n) is 12.1. The molecule has 1 amide bonds. The van der Waals surface area contributed by atoms with Crippen LogP contribution in [0.5, 0.6) is 5.75 Å². The molecule has 0 N–H and O–H groups in total. The molecule has 2 fully saturated rings. The number of carbonyl (C=O) groups excluding carboxylic acids is 1. The molecule has 2 aromatic carbocycles. The molecule has 0 saturated carbocycles. The van der Waals surface area contributed by atoms with Gasteiger partial charge in [-0.15, -0.1) is 0 Å². The van der Waals surface area contributed by atoms with E-state index in [2.05, 4.69) is 0 Å². The number of nitrogens with zero attached hydrogens (tertiary/aromatic N) is 2. The van der Waals surface area contributed by atoms with Crippen LogP contribution in [0, 0.1) is 5.41 Å². The Morgan fingerprint density at radius 1 is 1.06 bits per heavy atom. The average Bonchev–Trinajstić information content (AvgIpc) is 2.89. The molecular formula is C26H33ClN2O5S. The maximum atomic E-state index is 13.5. The normalized spacial score (nSPS) is 21.6. The van der Waals surface area contributed by atoms with Crippen LogP contribution >= 0.6 is 11.6 Å². The molecule has 0 radical (unpaired) electrons. The zero-order valence-electron chi connectivity index (χ0n) is 20.1. The predicted molar refractivity (Wildman–Crippen MR) is 135 cm³/mol. The first-order chi connectivity index (χ1) is 16.8. The van der Waals surface area contributed by atoms with Gasteiger partial charge in [0.2, 0.25) is 15.9 Å². The number of carbonyl (C=O) groups is 1. The number of piperidine rings is 1. The van der Waals surface area contributed by atoms with E-state index in [4.69, 9.17) is 21.1 Å². The highest BCUT2D eigenvalue weighted by Gasteiger charge is 2.43. The van der Waals surface area contributed by atoms with E-state index in [9.17, 15) is 13.2 Å². The number of ether oxygens (including phenoxy) is 2. The van der Waals surface area contributed by atoms with E-state index in [1.807, 2.05) is 24.0 Å². The molecule has 0 aliphatic carbocycles. The van der Waals surface area contributed by atoms with Gasteiger partial charge in [0.15, 0.2) is 0 Å². The van der Waals surface area contributed by atoms with Gasteiger partial charge in [-0.2, -0.15) is 4.31 Å². The van der Waals surface area contributed by atoms with Gasteiger partial charge in [0.1, 0.15) is 5.75 Å². The van der Waals surface area contributed by atoms with Crippen molar-refractivity contribution in [2.45, 2.75) is 37.5 Å². The number of amides is 1. The van der Waals surface area contributed by atoms with Crippen molar-refractivity contribution in [1.29, 1.82) is 0 Å². The maximum absolute atomic E-state index is 13.5. The summed E-state index contributed by atoms with van der Waals surface area (Å²) in [5.74, 6) is 0.655. The van der Waals surface area contributed by atoms with Crippen LogP contribution in [0.3, 0.4) is 0 Å². The molecule has 35 heavy (non-hydrogen) atoms. The Hall–Kier alpha value is -2.13. The second-order valence-electron chi connectivity index (χ2n) is 9.35. The second-order valence-corrected chi connectivity index (χ2v) is 11.7. The highest BCUT2D eigenvalue weighted by atomic mass is 35.5.